The van der Waals surface area contributed by atoms with E-state index in [-0.39, 0.29) is 17.3 Å². The molecule has 2 aliphatic heterocycles. The number of carbonyl (C=O) groups is 2. The van der Waals surface area contributed by atoms with Crippen molar-refractivity contribution in [3.63, 3.8) is 0 Å². The van der Waals surface area contributed by atoms with Gasteiger partial charge >= 0.3 is 6.03 Å². The van der Waals surface area contributed by atoms with Crippen LogP contribution in [-0.2, 0) is 35.0 Å². The number of benzene rings is 1. The summed E-state index contributed by atoms with van der Waals surface area (Å²) in [5.74, 6) is -1.76. The molecule has 3 heterocycles. The largest absolute Gasteiger partial charge is 0.371 e. The number of nitrogens with zero attached hydrogens (tertiary/aromatic N) is 6. The summed E-state index contributed by atoms with van der Waals surface area (Å²) in [5.41, 5.74) is 1.15. The van der Waals surface area contributed by atoms with Gasteiger partial charge in [-0.05, 0) is 57.6 Å². The maximum atomic E-state index is 15.2. The highest BCUT2D eigenvalue weighted by molar-refractivity contribution is 8.18. The monoisotopic (exact) mass is 605 g/mol. The minimum absolute atomic E-state index is 0.00783. The third-order valence-electron chi connectivity index (χ3n) is 7.60. The summed E-state index contributed by atoms with van der Waals surface area (Å²) in [6, 6.07) is 4.27. The van der Waals surface area contributed by atoms with Crippen LogP contribution in [0.25, 0.3) is 0 Å². The summed E-state index contributed by atoms with van der Waals surface area (Å²) >= 11 is 0.984. The topological polar surface area (TPSA) is 111 Å². The molecule has 1 saturated heterocycles. The van der Waals surface area contributed by atoms with Gasteiger partial charge in [0.2, 0.25) is 15.9 Å². The highest BCUT2D eigenvalue weighted by Gasteiger charge is 2.52. The molecule has 222 valence electrons. The molecule has 1 saturated carbocycles. The molecular formula is C27H36FN7O4S2. The van der Waals surface area contributed by atoms with Gasteiger partial charge in [-0.15, -0.1) is 0 Å². The lowest BCUT2D eigenvalue weighted by Crippen LogP contribution is -2.58. The van der Waals surface area contributed by atoms with Gasteiger partial charge < -0.3 is 14.7 Å². The molecule has 1 aromatic carbocycles. The Morgan fingerprint density at radius 3 is 2.49 bits per heavy atom. The first-order valence-electron chi connectivity index (χ1n) is 13.4. The van der Waals surface area contributed by atoms with E-state index in [9.17, 15) is 18.0 Å². The van der Waals surface area contributed by atoms with Crippen LogP contribution < -0.4 is 9.62 Å². The summed E-state index contributed by atoms with van der Waals surface area (Å²) in [7, 11) is 3.59. The van der Waals surface area contributed by atoms with Crippen LogP contribution in [0.5, 0.6) is 0 Å². The first kappa shape index (κ1) is 29.5. The first-order valence-corrected chi connectivity index (χ1v) is 15.8. The number of aryl methyl sites for hydroxylation is 1. The molecule has 11 nitrogen and oxygen atoms in total. The number of likely N-dealkylation sites (N-methyl/N-ethyl adjacent to an activating group) is 2. The van der Waals surface area contributed by atoms with Gasteiger partial charge in [0, 0.05) is 51.0 Å². The Kier molecular flexibility index (Phi) is 7.96. The summed E-state index contributed by atoms with van der Waals surface area (Å²) in [6.07, 6.45) is 6.22. The number of hydrogen-bond acceptors (Lipinski definition) is 8. The number of nitrogens with one attached hydrogen (secondary N) is 1. The lowest BCUT2D eigenvalue weighted by Gasteiger charge is -2.41. The maximum absolute atomic E-state index is 15.2. The number of thioether (sulfide) groups is 1. The van der Waals surface area contributed by atoms with Crippen molar-refractivity contribution in [2.45, 2.75) is 43.8 Å². The molecule has 2 aromatic rings. The Labute approximate surface area is 244 Å². The van der Waals surface area contributed by atoms with Crippen LogP contribution in [0.2, 0.25) is 0 Å². The number of sulfonamides is 1. The Hall–Kier alpha value is -2.94. The molecule has 5 rings (SSSR count). The molecule has 3 amide bonds. The summed E-state index contributed by atoms with van der Waals surface area (Å²) in [6.45, 7) is 3.23. The smallest absolute Gasteiger partial charge is 0.328 e. The van der Waals surface area contributed by atoms with Crippen molar-refractivity contribution >= 4 is 39.4 Å². The molecule has 2 atom stereocenters. The van der Waals surface area contributed by atoms with Gasteiger partial charge in [-0.1, -0.05) is 17.8 Å². The predicted molar refractivity (Wildman–Crippen MR) is 156 cm³/mol. The Morgan fingerprint density at radius 2 is 1.88 bits per heavy atom. The second kappa shape index (κ2) is 11.0. The van der Waals surface area contributed by atoms with Crippen LogP contribution in [0.15, 0.2) is 40.9 Å². The highest BCUT2D eigenvalue weighted by Crippen LogP contribution is 2.46. The SMILES string of the molecule is CN(C)CCN(C)c1ccc(CN2C(=O)N(Cc3cnn(C)c3)C(=O)C3C=C(S(=O)(=O)NC4(C)CC4)SC32)cc1F. The molecule has 1 N–H and O–H groups in total. The van der Waals surface area contributed by atoms with Crippen LogP contribution >= 0.6 is 11.8 Å². The van der Waals surface area contributed by atoms with E-state index in [1.807, 2.05) is 37.9 Å². The van der Waals surface area contributed by atoms with E-state index >= 15 is 4.39 Å². The van der Waals surface area contributed by atoms with Gasteiger partial charge in [0.15, 0.2) is 0 Å². The molecule has 1 aliphatic carbocycles. The second-order valence-corrected chi connectivity index (χ2v) is 14.6. The third kappa shape index (κ3) is 6.30. The lowest BCUT2D eigenvalue weighted by atomic mass is 10.0. The van der Waals surface area contributed by atoms with Gasteiger partial charge in [0.25, 0.3) is 0 Å². The number of hydrogen-bond donors (Lipinski definition) is 1. The number of rotatable bonds is 11. The van der Waals surface area contributed by atoms with Crippen molar-refractivity contribution in [3.8, 4) is 0 Å². The zero-order valence-corrected chi connectivity index (χ0v) is 25.5. The molecule has 0 radical (unpaired) electrons. The van der Waals surface area contributed by atoms with E-state index < -0.39 is 44.6 Å². The van der Waals surface area contributed by atoms with E-state index in [0.717, 1.165) is 36.0 Å². The van der Waals surface area contributed by atoms with Gasteiger partial charge in [0.1, 0.15) is 15.4 Å². The summed E-state index contributed by atoms with van der Waals surface area (Å²) in [5, 5.41) is 3.35. The number of halogens is 1. The fraction of sp³-hybridized carbons (Fsp3) is 0.519. The second-order valence-electron chi connectivity index (χ2n) is 11.6. The fourth-order valence-electron chi connectivity index (χ4n) is 4.93. The molecule has 14 heteroatoms. The molecule has 2 fully saturated rings. The number of fused-ring (bicyclic) bond motifs is 1. The van der Waals surface area contributed by atoms with Crippen molar-refractivity contribution in [1.82, 2.24) is 29.2 Å². The van der Waals surface area contributed by atoms with E-state index in [1.54, 1.807) is 36.3 Å². The van der Waals surface area contributed by atoms with Crippen molar-refractivity contribution in [1.29, 1.82) is 0 Å². The molecule has 3 aliphatic rings. The zero-order chi connectivity index (χ0) is 29.7. The molecule has 1 aromatic heterocycles. The lowest BCUT2D eigenvalue weighted by molar-refractivity contribution is -0.135. The van der Waals surface area contributed by atoms with Crippen LogP contribution in [0.1, 0.15) is 30.9 Å². The van der Waals surface area contributed by atoms with Crippen LogP contribution in [0.4, 0.5) is 14.9 Å². The molecule has 41 heavy (non-hydrogen) atoms. The number of carbonyl (C=O) groups excluding carboxylic acids is 2. The third-order valence-corrected chi connectivity index (χ3v) is 11.1. The normalized spacial score (nSPS) is 21.9. The van der Waals surface area contributed by atoms with Gasteiger partial charge in [0.05, 0.1) is 24.3 Å². The number of anilines is 1. The highest BCUT2D eigenvalue weighted by atomic mass is 32.3. The maximum Gasteiger partial charge on any atom is 0.328 e. The number of imide groups is 1. The average Bonchev–Trinajstić information content (AvgIpc) is 3.26. The Bertz CT molecular complexity index is 1490. The van der Waals surface area contributed by atoms with E-state index in [2.05, 4.69) is 9.82 Å². The van der Waals surface area contributed by atoms with Gasteiger partial charge in [-0.2, -0.15) is 5.10 Å². The fourth-order valence-corrected chi connectivity index (χ4v) is 8.23. The van der Waals surface area contributed by atoms with Crippen molar-refractivity contribution < 1.29 is 22.4 Å². The van der Waals surface area contributed by atoms with E-state index in [1.165, 1.54) is 17.0 Å². The Morgan fingerprint density at radius 1 is 1.15 bits per heavy atom. The first-order chi connectivity index (χ1) is 19.3. The van der Waals surface area contributed by atoms with E-state index in [4.69, 9.17) is 0 Å². The Balaban J connectivity index is 1.42. The van der Waals surface area contributed by atoms with Crippen molar-refractivity contribution in [3.05, 3.63) is 57.9 Å². The minimum atomic E-state index is -3.87. The number of aromatic nitrogens is 2. The van der Waals surface area contributed by atoms with Crippen molar-refractivity contribution in [2.75, 3.05) is 39.1 Å². The summed E-state index contributed by atoms with van der Waals surface area (Å²) in [4.78, 5) is 33.8. The minimum Gasteiger partial charge on any atom is -0.371 e. The van der Waals surface area contributed by atoms with E-state index in [0.29, 0.717) is 23.4 Å². The van der Waals surface area contributed by atoms with Crippen LogP contribution in [0, 0.1) is 11.7 Å². The predicted octanol–water partition coefficient (Wildman–Crippen LogP) is 2.52. The van der Waals surface area contributed by atoms with Crippen LogP contribution in [0.3, 0.4) is 0 Å². The quantitative estimate of drug-likeness (QED) is 0.416. The average molecular weight is 606 g/mol. The molecule has 0 bridgehead atoms. The van der Waals surface area contributed by atoms with Crippen molar-refractivity contribution in [2.24, 2.45) is 13.0 Å². The molecule has 2 unspecified atom stereocenters. The molecular weight excluding hydrogens is 569 g/mol. The molecule has 0 spiro atoms. The van der Waals surface area contributed by atoms with Crippen LogP contribution in [-0.4, -0.2) is 90.0 Å². The van der Waals surface area contributed by atoms with Gasteiger partial charge in [-0.25, -0.2) is 22.3 Å². The standard InChI is InChI=1S/C27H36FN7O4S2/c1-27(8-9-27)30-41(38,39)23-13-20-24(36)34(17-19-14-29-33(5)15-19)26(37)35(25(20)40-23)16-18-6-7-22(21(28)12-18)32(4)11-10-31(2)3/h6-7,12-15,20,25,30H,8-11,16-17H2,1-5H3. The zero-order valence-electron chi connectivity index (χ0n) is 23.9. The number of urea groups is 1. The summed E-state index contributed by atoms with van der Waals surface area (Å²) < 4.78 is 46.0. The van der Waals surface area contributed by atoms with Gasteiger partial charge in [-0.3, -0.25) is 14.4 Å². The number of amides is 3.